The SMILES string of the molecule is Cc1csc(Cn2c(=S)[nH]c3cc(C(F)(F)F)ccc32)n1. The summed E-state index contributed by atoms with van der Waals surface area (Å²) in [6.07, 6.45) is -4.36. The van der Waals surface area contributed by atoms with Crippen LogP contribution in [0.25, 0.3) is 11.0 Å². The van der Waals surface area contributed by atoms with Crippen molar-refractivity contribution in [1.82, 2.24) is 14.5 Å². The van der Waals surface area contributed by atoms with Crippen LogP contribution in [0.3, 0.4) is 0 Å². The predicted molar refractivity (Wildman–Crippen MR) is 78.1 cm³/mol. The summed E-state index contributed by atoms with van der Waals surface area (Å²) >= 11 is 6.70. The van der Waals surface area contributed by atoms with Gasteiger partial charge >= 0.3 is 6.18 Å². The Hall–Kier alpha value is -1.67. The normalized spacial score (nSPS) is 12.2. The summed E-state index contributed by atoms with van der Waals surface area (Å²) in [5.41, 5.74) is 1.24. The first-order valence-corrected chi connectivity index (χ1v) is 7.34. The summed E-state index contributed by atoms with van der Waals surface area (Å²) in [5.74, 6) is 0. The Balaban J connectivity index is 2.07. The molecule has 2 aromatic heterocycles. The lowest BCUT2D eigenvalue weighted by Crippen LogP contribution is -2.04. The highest BCUT2D eigenvalue weighted by molar-refractivity contribution is 7.71. The van der Waals surface area contributed by atoms with Gasteiger partial charge in [0.2, 0.25) is 0 Å². The van der Waals surface area contributed by atoms with Crippen LogP contribution in [0.2, 0.25) is 0 Å². The lowest BCUT2D eigenvalue weighted by atomic mass is 10.2. The third-order valence-corrected chi connectivity index (χ3v) is 4.34. The highest BCUT2D eigenvalue weighted by atomic mass is 32.1. The molecule has 1 N–H and O–H groups in total. The van der Waals surface area contributed by atoms with Crippen LogP contribution in [0.5, 0.6) is 0 Å². The van der Waals surface area contributed by atoms with E-state index in [-0.39, 0.29) is 0 Å². The summed E-state index contributed by atoms with van der Waals surface area (Å²) < 4.78 is 40.3. The first-order chi connectivity index (χ1) is 9.84. The van der Waals surface area contributed by atoms with Gasteiger partial charge in [0, 0.05) is 11.1 Å². The molecule has 0 atom stereocenters. The number of aryl methyl sites for hydroxylation is 1. The van der Waals surface area contributed by atoms with Crippen molar-refractivity contribution in [3.05, 3.63) is 44.6 Å². The predicted octanol–water partition coefficient (Wildman–Crippen LogP) is 4.53. The van der Waals surface area contributed by atoms with Crippen LogP contribution in [0, 0.1) is 11.7 Å². The molecule has 110 valence electrons. The zero-order valence-corrected chi connectivity index (χ0v) is 12.5. The van der Waals surface area contributed by atoms with E-state index in [0.717, 1.165) is 22.8 Å². The van der Waals surface area contributed by atoms with Crippen molar-refractivity contribution < 1.29 is 13.2 Å². The molecule has 21 heavy (non-hydrogen) atoms. The zero-order valence-electron chi connectivity index (χ0n) is 10.9. The summed E-state index contributed by atoms with van der Waals surface area (Å²) in [6, 6.07) is 3.58. The zero-order chi connectivity index (χ0) is 15.2. The van der Waals surface area contributed by atoms with Gasteiger partial charge in [-0.05, 0) is 37.3 Å². The second-order valence-electron chi connectivity index (χ2n) is 4.63. The fourth-order valence-electron chi connectivity index (χ4n) is 2.11. The molecule has 0 amide bonds. The van der Waals surface area contributed by atoms with Crippen molar-refractivity contribution in [1.29, 1.82) is 0 Å². The van der Waals surface area contributed by atoms with E-state index in [1.165, 1.54) is 17.4 Å². The molecule has 0 saturated carbocycles. The fraction of sp³-hybridized carbons (Fsp3) is 0.231. The molecular formula is C13H10F3N3S2. The van der Waals surface area contributed by atoms with Gasteiger partial charge in [0.05, 0.1) is 23.1 Å². The Kier molecular flexibility index (Phi) is 3.37. The summed E-state index contributed by atoms with van der Waals surface area (Å²) in [4.78, 5) is 7.17. The first kappa shape index (κ1) is 14.3. The molecular weight excluding hydrogens is 319 g/mol. The maximum Gasteiger partial charge on any atom is 0.416 e. The van der Waals surface area contributed by atoms with E-state index < -0.39 is 11.7 Å². The number of aromatic nitrogens is 3. The van der Waals surface area contributed by atoms with Crippen LogP contribution in [-0.2, 0) is 12.7 Å². The maximum atomic E-state index is 12.7. The van der Waals surface area contributed by atoms with Crippen molar-refractivity contribution in [2.75, 3.05) is 0 Å². The highest BCUT2D eigenvalue weighted by Gasteiger charge is 2.30. The number of aromatic amines is 1. The molecule has 0 aliphatic heterocycles. The van der Waals surface area contributed by atoms with Crippen LogP contribution in [0.1, 0.15) is 16.3 Å². The van der Waals surface area contributed by atoms with Crippen molar-refractivity contribution >= 4 is 34.6 Å². The number of rotatable bonds is 2. The third-order valence-electron chi connectivity index (χ3n) is 3.06. The fourth-order valence-corrected chi connectivity index (χ4v) is 3.14. The van der Waals surface area contributed by atoms with E-state index >= 15 is 0 Å². The summed E-state index contributed by atoms with van der Waals surface area (Å²) in [5, 5.41) is 2.79. The van der Waals surface area contributed by atoms with Gasteiger partial charge in [0.1, 0.15) is 5.01 Å². The highest BCUT2D eigenvalue weighted by Crippen LogP contribution is 2.31. The van der Waals surface area contributed by atoms with Crippen molar-refractivity contribution in [3.63, 3.8) is 0 Å². The van der Waals surface area contributed by atoms with Crippen LogP contribution >= 0.6 is 23.6 Å². The molecule has 0 bridgehead atoms. The van der Waals surface area contributed by atoms with Crippen molar-refractivity contribution in [3.8, 4) is 0 Å². The minimum atomic E-state index is -4.36. The monoisotopic (exact) mass is 329 g/mol. The van der Waals surface area contributed by atoms with Crippen molar-refractivity contribution in [2.24, 2.45) is 0 Å². The van der Waals surface area contributed by atoms with Crippen LogP contribution in [0.15, 0.2) is 23.6 Å². The molecule has 0 saturated heterocycles. The number of hydrogen-bond donors (Lipinski definition) is 1. The first-order valence-electron chi connectivity index (χ1n) is 6.05. The number of H-pyrrole nitrogens is 1. The van der Waals surface area contributed by atoms with Gasteiger partial charge in [-0.3, -0.25) is 0 Å². The molecule has 0 unspecified atom stereocenters. The Morgan fingerprint density at radius 2 is 2.14 bits per heavy atom. The molecule has 0 spiro atoms. The van der Waals surface area contributed by atoms with E-state index in [0.29, 0.717) is 22.3 Å². The van der Waals surface area contributed by atoms with Crippen LogP contribution in [0.4, 0.5) is 13.2 Å². The number of hydrogen-bond acceptors (Lipinski definition) is 3. The van der Waals surface area contributed by atoms with Gasteiger partial charge in [0.25, 0.3) is 0 Å². The lowest BCUT2D eigenvalue weighted by Gasteiger charge is -2.06. The topological polar surface area (TPSA) is 33.6 Å². The molecule has 1 aromatic carbocycles. The molecule has 0 aliphatic carbocycles. The molecule has 2 heterocycles. The van der Waals surface area contributed by atoms with Gasteiger partial charge in [-0.15, -0.1) is 11.3 Å². The minimum absolute atomic E-state index is 0.378. The van der Waals surface area contributed by atoms with E-state index in [1.54, 1.807) is 4.57 Å². The number of benzene rings is 1. The Labute approximate surface area is 127 Å². The van der Waals surface area contributed by atoms with Gasteiger partial charge in [0.15, 0.2) is 4.77 Å². The molecule has 3 aromatic rings. The average molecular weight is 329 g/mol. The van der Waals surface area contributed by atoms with E-state index in [9.17, 15) is 13.2 Å². The molecule has 3 rings (SSSR count). The molecule has 3 nitrogen and oxygen atoms in total. The number of imidazole rings is 1. The van der Waals surface area contributed by atoms with E-state index in [1.807, 2.05) is 12.3 Å². The van der Waals surface area contributed by atoms with Crippen LogP contribution in [-0.4, -0.2) is 14.5 Å². The molecule has 0 fully saturated rings. The smallest absolute Gasteiger partial charge is 0.331 e. The standard InChI is InChI=1S/C13H10F3N3S2/c1-7-6-21-11(17-7)5-19-10-3-2-8(13(14,15)16)4-9(10)18-12(19)20/h2-4,6H,5H2,1H3,(H,18,20). The van der Waals surface area contributed by atoms with E-state index in [4.69, 9.17) is 12.2 Å². The number of alkyl halides is 3. The Morgan fingerprint density at radius 1 is 1.38 bits per heavy atom. The summed E-state index contributed by atoms with van der Waals surface area (Å²) in [7, 11) is 0. The van der Waals surface area contributed by atoms with Gasteiger partial charge in [-0.2, -0.15) is 13.2 Å². The van der Waals surface area contributed by atoms with Crippen LogP contribution < -0.4 is 0 Å². The quantitative estimate of drug-likeness (QED) is 0.701. The van der Waals surface area contributed by atoms with Gasteiger partial charge in [-0.25, -0.2) is 4.98 Å². The van der Waals surface area contributed by atoms with E-state index in [2.05, 4.69) is 9.97 Å². The number of nitrogens with zero attached hydrogens (tertiary/aromatic N) is 2. The average Bonchev–Trinajstić information content (AvgIpc) is 2.93. The number of nitrogens with one attached hydrogen (secondary N) is 1. The van der Waals surface area contributed by atoms with Gasteiger partial charge < -0.3 is 9.55 Å². The molecule has 0 radical (unpaired) electrons. The second kappa shape index (κ2) is 4.96. The molecule has 8 heteroatoms. The van der Waals surface area contributed by atoms with Gasteiger partial charge in [-0.1, -0.05) is 0 Å². The number of halogens is 3. The summed E-state index contributed by atoms with van der Waals surface area (Å²) in [6.45, 7) is 2.34. The second-order valence-corrected chi connectivity index (χ2v) is 5.96. The number of fused-ring (bicyclic) bond motifs is 1. The van der Waals surface area contributed by atoms with Crippen molar-refractivity contribution in [2.45, 2.75) is 19.6 Å². The third kappa shape index (κ3) is 2.73. The largest absolute Gasteiger partial charge is 0.416 e. The minimum Gasteiger partial charge on any atom is -0.331 e. The number of thiazole rings is 1. The Morgan fingerprint density at radius 3 is 2.76 bits per heavy atom. The Bertz CT molecular complexity index is 858. The maximum absolute atomic E-state index is 12.7. The molecule has 0 aliphatic rings. The lowest BCUT2D eigenvalue weighted by molar-refractivity contribution is -0.137.